The number of hydrogen-bond acceptors (Lipinski definition) is 8. The quantitative estimate of drug-likeness (QED) is 0.652. The zero-order chi connectivity index (χ0) is 20.3. The zero-order valence-electron chi connectivity index (χ0n) is 16.6. The molecule has 0 aromatic carbocycles. The predicted molar refractivity (Wildman–Crippen MR) is 111 cm³/mol. The normalized spacial score (nSPS) is 16.9. The molecule has 2 fully saturated rings. The third kappa shape index (κ3) is 3.70. The molecule has 0 spiro atoms. The van der Waals surface area contributed by atoms with Crippen LogP contribution in [-0.4, -0.2) is 70.2 Å². The largest absolute Gasteiger partial charge is 0.356 e. The van der Waals surface area contributed by atoms with Crippen molar-refractivity contribution in [2.45, 2.75) is 12.8 Å². The standard InChI is InChI=1S/C21H23N7O2/c29-21(17-12-18(30-25-17)16-4-3-5-22-14-16)28-10-8-27(9-11-28)20-13-19(23-15-24-20)26-6-1-2-7-26/h3-5,12-15H,1-2,6-11H2. The van der Waals surface area contributed by atoms with Gasteiger partial charge in [-0.05, 0) is 25.0 Å². The number of pyridine rings is 1. The van der Waals surface area contributed by atoms with Gasteiger partial charge in [0.05, 0.1) is 0 Å². The lowest BCUT2D eigenvalue weighted by atomic mass is 10.2. The van der Waals surface area contributed by atoms with Gasteiger partial charge in [0.25, 0.3) is 5.91 Å². The molecular formula is C21H23N7O2. The first-order valence-electron chi connectivity index (χ1n) is 10.3. The van der Waals surface area contributed by atoms with Crippen molar-refractivity contribution in [3.8, 4) is 11.3 Å². The molecular weight excluding hydrogens is 382 g/mol. The van der Waals surface area contributed by atoms with E-state index in [0.717, 1.165) is 43.4 Å². The average molecular weight is 405 g/mol. The molecule has 2 saturated heterocycles. The average Bonchev–Trinajstić information content (AvgIpc) is 3.52. The van der Waals surface area contributed by atoms with Gasteiger partial charge in [-0.25, -0.2) is 9.97 Å². The smallest absolute Gasteiger partial charge is 0.276 e. The van der Waals surface area contributed by atoms with Crippen molar-refractivity contribution in [1.82, 2.24) is 25.0 Å². The molecule has 154 valence electrons. The van der Waals surface area contributed by atoms with Gasteiger partial charge in [-0.1, -0.05) is 5.16 Å². The number of carbonyl (C=O) groups is 1. The second-order valence-corrected chi connectivity index (χ2v) is 7.53. The molecule has 5 heterocycles. The number of carbonyl (C=O) groups excluding carboxylic acids is 1. The van der Waals surface area contributed by atoms with Crippen molar-refractivity contribution in [2.75, 3.05) is 49.1 Å². The van der Waals surface area contributed by atoms with Gasteiger partial charge >= 0.3 is 0 Å². The summed E-state index contributed by atoms with van der Waals surface area (Å²) >= 11 is 0. The fourth-order valence-corrected chi connectivity index (χ4v) is 3.95. The van der Waals surface area contributed by atoms with Crippen LogP contribution in [0.4, 0.5) is 11.6 Å². The Morgan fingerprint density at radius 2 is 1.67 bits per heavy atom. The monoisotopic (exact) mass is 405 g/mol. The van der Waals surface area contributed by atoms with Crippen LogP contribution in [0.5, 0.6) is 0 Å². The van der Waals surface area contributed by atoms with Gasteiger partial charge in [-0.2, -0.15) is 0 Å². The maximum atomic E-state index is 12.9. The molecule has 0 unspecified atom stereocenters. The van der Waals surface area contributed by atoms with Crippen molar-refractivity contribution in [3.05, 3.63) is 48.7 Å². The van der Waals surface area contributed by atoms with Crippen molar-refractivity contribution in [1.29, 1.82) is 0 Å². The van der Waals surface area contributed by atoms with E-state index in [0.29, 0.717) is 24.5 Å². The number of anilines is 2. The minimum Gasteiger partial charge on any atom is -0.356 e. The van der Waals surface area contributed by atoms with Gasteiger partial charge in [0.1, 0.15) is 18.0 Å². The van der Waals surface area contributed by atoms with Crippen LogP contribution in [0.2, 0.25) is 0 Å². The molecule has 0 atom stereocenters. The van der Waals surface area contributed by atoms with Crippen LogP contribution in [0.1, 0.15) is 23.3 Å². The summed E-state index contributed by atoms with van der Waals surface area (Å²) in [5.41, 5.74) is 1.12. The molecule has 2 aliphatic rings. The Kier molecular flexibility index (Phi) is 5.00. The van der Waals surface area contributed by atoms with Crippen LogP contribution in [0, 0.1) is 0 Å². The van der Waals surface area contributed by atoms with E-state index in [1.165, 1.54) is 12.8 Å². The molecule has 0 bridgehead atoms. The highest BCUT2D eigenvalue weighted by molar-refractivity contribution is 5.93. The summed E-state index contributed by atoms with van der Waals surface area (Å²) in [6.45, 7) is 4.76. The SMILES string of the molecule is O=C(c1cc(-c2cccnc2)on1)N1CCN(c2cc(N3CCCC3)ncn2)CC1. The highest BCUT2D eigenvalue weighted by atomic mass is 16.5. The van der Waals surface area contributed by atoms with Gasteiger partial charge < -0.3 is 19.2 Å². The van der Waals surface area contributed by atoms with Gasteiger partial charge in [-0.3, -0.25) is 9.78 Å². The summed E-state index contributed by atoms with van der Waals surface area (Å²) < 4.78 is 5.35. The summed E-state index contributed by atoms with van der Waals surface area (Å²) in [5.74, 6) is 2.33. The second-order valence-electron chi connectivity index (χ2n) is 7.53. The lowest BCUT2D eigenvalue weighted by Gasteiger charge is -2.35. The van der Waals surface area contributed by atoms with Gasteiger partial charge in [-0.15, -0.1) is 0 Å². The van der Waals surface area contributed by atoms with E-state index in [1.807, 2.05) is 17.0 Å². The highest BCUT2D eigenvalue weighted by Gasteiger charge is 2.26. The maximum Gasteiger partial charge on any atom is 0.276 e. The van der Waals surface area contributed by atoms with Crippen LogP contribution >= 0.6 is 0 Å². The summed E-state index contributed by atoms with van der Waals surface area (Å²) in [4.78, 5) is 32.1. The van der Waals surface area contributed by atoms with Crippen molar-refractivity contribution in [3.63, 3.8) is 0 Å². The van der Waals surface area contributed by atoms with E-state index < -0.39 is 0 Å². The highest BCUT2D eigenvalue weighted by Crippen LogP contribution is 2.23. The van der Waals surface area contributed by atoms with E-state index in [2.05, 4.69) is 36.0 Å². The molecule has 9 heteroatoms. The van der Waals surface area contributed by atoms with E-state index in [1.54, 1.807) is 24.8 Å². The van der Waals surface area contributed by atoms with E-state index in [9.17, 15) is 4.79 Å². The first-order chi connectivity index (χ1) is 14.8. The Balaban J connectivity index is 1.22. The number of aromatic nitrogens is 4. The minimum atomic E-state index is -0.117. The maximum absolute atomic E-state index is 12.9. The summed E-state index contributed by atoms with van der Waals surface area (Å²) in [5, 5.41) is 3.97. The topological polar surface area (TPSA) is 91.5 Å². The number of rotatable bonds is 4. The summed E-state index contributed by atoms with van der Waals surface area (Å²) in [6, 6.07) is 7.43. The van der Waals surface area contributed by atoms with Crippen molar-refractivity contribution < 1.29 is 9.32 Å². The summed E-state index contributed by atoms with van der Waals surface area (Å²) in [7, 11) is 0. The first kappa shape index (κ1) is 18.5. The molecule has 0 aliphatic carbocycles. The zero-order valence-corrected chi connectivity index (χ0v) is 16.6. The fourth-order valence-electron chi connectivity index (χ4n) is 3.95. The fraction of sp³-hybridized carbons (Fsp3) is 0.381. The molecule has 30 heavy (non-hydrogen) atoms. The minimum absolute atomic E-state index is 0.117. The van der Waals surface area contributed by atoms with Crippen LogP contribution in [-0.2, 0) is 0 Å². The number of hydrogen-bond donors (Lipinski definition) is 0. The lowest BCUT2D eigenvalue weighted by Crippen LogP contribution is -2.49. The Bertz CT molecular complexity index is 1010. The first-order valence-corrected chi connectivity index (χ1v) is 10.3. The Morgan fingerprint density at radius 1 is 0.933 bits per heavy atom. The van der Waals surface area contributed by atoms with Crippen LogP contribution in [0.25, 0.3) is 11.3 Å². The van der Waals surface area contributed by atoms with Gasteiger partial charge in [0, 0.05) is 69.4 Å². The molecule has 0 saturated carbocycles. The van der Waals surface area contributed by atoms with Crippen molar-refractivity contribution in [2.24, 2.45) is 0 Å². The molecule has 5 rings (SSSR count). The molecule has 3 aromatic rings. The molecule has 0 N–H and O–H groups in total. The van der Waals surface area contributed by atoms with E-state index >= 15 is 0 Å². The Morgan fingerprint density at radius 3 is 2.37 bits per heavy atom. The number of piperazine rings is 1. The number of nitrogens with zero attached hydrogens (tertiary/aromatic N) is 7. The van der Waals surface area contributed by atoms with Crippen LogP contribution in [0.3, 0.4) is 0 Å². The Hall–Kier alpha value is -3.49. The molecule has 9 nitrogen and oxygen atoms in total. The predicted octanol–water partition coefficient (Wildman–Crippen LogP) is 2.09. The molecule has 2 aliphatic heterocycles. The van der Waals surface area contributed by atoms with E-state index in [-0.39, 0.29) is 5.91 Å². The lowest BCUT2D eigenvalue weighted by molar-refractivity contribution is 0.0736. The third-order valence-electron chi connectivity index (χ3n) is 5.63. The van der Waals surface area contributed by atoms with Gasteiger partial charge in [0.2, 0.25) is 0 Å². The summed E-state index contributed by atoms with van der Waals surface area (Å²) in [6.07, 6.45) is 7.44. The number of amides is 1. The van der Waals surface area contributed by atoms with E-state index in [4.69, 9.17) is 4.52 Å². The third-order valence-corrected chi connectivity index (χ3v) is 5.63. The van der Waals surface area contributed by atoms with Gasteiger partial charge in [0.15, 0.2) is 11.5 Å². The Labute approximate surface area is 174 Å². The molecule has 0 radical (unpaired) electrons. The second kappa shape index (κ2) is 8.10. The molecule has 3 aromatic heterocycles. The van der Waals surface area contributed by atoms with Crippen molar-refractivity contribution >= 4 is 17.5 Å². The van der Waals surface area contributed by atoms with Crippen LogP contribution in [0.15, 0.2) is 47.5 Å². The molecule has 1 amide bonds. The van der Waals surface area contributed by atoms with Crippen LogP contribution < -0.4 is 9.80 Å².